The standard InChI is InChI=1S/C38H50N3O12P/c1-6-9-11-16-33(34(7-2)41(24-42)50-22-29-14-12-10-13-15-29)37(45)39-23-40-38(46)36-18-17-35(53-36)30-19-31(47-8-3)21-32(20-30)54(51-25-48-27(4)43)52-26-49-28(5)44/h10,12-15,17-21,24,33-34H,6-9,11,16,22-23,25-26H2,1-5H3,(H,39,45)(H,40,46). The third-order valence-electron chi connectivity index (χ3n) is 7.90. The van der Waals surface area contributed by atoms with Gasteiger partial charge in [-0.3, -0.25) is 37.9 Å². The highest BCUT2D eigenvalue weighted by Crippen LogP contribution is 2.40. The van der Waals surface area contributed by atoms with E-state index in [4.69, 9.17) is 32.5 Å². The van der Waals surface area contributed by atoms with E-state index >= 15 is 0 Å². The molecule has 0 aliphatic carbocycles. The van der Waals surface area contributed by atoms with Gasteiger partial charge in [-0.1, -0.05) is 63.4 Å². The van der Waals surface area contributed by atoms with Crippen LogP contribution in [0.15, 0.2) is 65.1 Å². The van der Waals surface area contributed by atoms with Crippen molar-refractivity contribution in [2.45, 2.75) is 79.4 Å². The van der Waals surface area contributed by atoms with Crippen molar-refractivity contribution in [1.82, 2.24) is 15.7 Å². The summed E-state index contributed by atoms with van der Waals surface area (Å²) < 4.78 is 32.8. The lowest BCUT2D eigenvalue weighted by Gasteiger charge is -2.32. The molecular formula is C38H50N3O12P. The molecule has 15 nitrogen and oxygen atoms in total. The van der Waals surface area contributed by atoms with Gasteiger partial charge in [0.2, 0.25) is 20.7 Å². The number of hydrogen-bond acceptors (Lipinski definition) is 12. The first-order valence-electron chi connectivity index (χ1n) is 17.8. The molecule has 16 heteroatoms. The van der Waals surface area contributed by atoms with Gasteiger partial charge in [0.25, 0.3) is 5.91 Å². The van der Waals surface area contributed by atoms with Crippen molar-refractivity contribution in [3.8, 4) is 17.1 Å². The van der Waals surface area contributed by atoms with Gasteiger partial charge in [-0.25, -0.2) is 5.06 Å². The van der Waals surface area contributed by atoms with E-state index in [2.05, 4.69) is 17.6 Å². The first-order chi connectivity index (χ1) is 26.1. The maximum absolute atomic E-state index is 13.5. The zero-order valence-electron chi connectivity index (χ0n) is 31.4. The lowest BCUT2D eigenvalue weighted by molar-refractivity contribution is -0.200. The Kier molecular flexibility index (Phi) is 19.2. The predicted molar refractivity (Wildman–Crippen MR) is 199 cm³/mol. The number of amides is 3. The predicted octanol–water partition coefficient (Wildman–Crippen LogP) is 5.73. The second-order valence-corrected chi connectivity index (χ2v) is 13.4. The third kappa shape index (κ3) is 14.5. The molecule has 54 heavy (non-hydrogen) atoms. The molecule has 2 unspecified atom stereocenters. The van der Waals surface area contributed by atoms with Crippen LogP contribution in [0.3, 0.4) is 0 Å². The number of unbranched alkanes of at least 4 members (excludes halogenated alkanes) is 2. The fraction of sp³-hybridized carbons (Fsp3) is 0.447. The maximum atomic E-state index is 13.5. The Balaban J connectivity index is 1.71. The van der Waals surface area contributed by atoms with Crippen molar-refractivity contribution in [3.63, 3.8) is 0 Å². The molecular weight excluding hydrogens is 721 g/mol. The van der Waals surface area contributed by atoms with Crippen LogP contribution in [0.2, 0.25) is 0 Å². The van der Waals surface area contributed by atoms with E-state index in [0.29, 0.717) is 48.2 Å². The Morgan fingerprint density at radius 3 is 2.20 bits per heavy atom. The summed E-state index contributed by atoms with van der Waals surface area (Å²) >= 11 is 0. The van der Waals surface area contributed by atoms with Crippen molar-refractivity contribution in [1.29, 1.82) is 0 Å². The van der Waals surface area contributed by atoms with Crippen molar-refractivity contribution < 1.29 is 56.5 Å². The van der Waals surface area contributed by atoms with Crippen molar-refractivity contribution in [3.05, 3.63) is 72.0 Å². The van der Waals surface area contributed by atoms with E-state index < -0.39 is 51.8 Å². The monoisotopic (exact) mass is 771 g/mol. The molecule has 3 amide bonds. The van der Waals surface area contributed by atoms with Crippen LogP contribution < -0.4 is 20.7 Å². The van der Waals surface area contributed by atoms with Crippen LogP contribution in [0.1, 0.15) is 82.8 Å². The lowest BCUT2D eigenvalue weighted by atomic mass is 9.90. The summed E-state index contributed by atoms with van der Waals surface area (Å²) in [6.07, 6.45) is 4.27. The van der Waals surface area contributed by atoms with E-state index in [-0.39, 0.29) is 24.9 Å². The van der Waals surface area contributed by atoms with Crippen LogP contribution >= 0.6 is 8.38 Å². The lowest BCUT2D eigenvalue weighted by Crippen LogP contribution is -2.48. The highest BCUT2D eigenvalue weighted by atomic mass is 31.2. The van der Waals surface area contributed by atoms with Gasteiger partial charge in [0.15, 0.2) is 19.3 Å². The van der Waals surface area contributed by atoms with E-state index in [1.165, 1.54) is 25.0 Å². The van der Waals surface area contributed by atoms with Crippen LogP contribution in [0.4, 0.5) is 0 Å². The molecule has 3 aromatic rings. The van der Waals surface area contributed by atoms with Crippen molar-refractivity contribution in [2.24, 2.45) is 5.92 Å². The Labute approximate surface area is 316 Å². The zero-order valence-corrected chi connectivity index (χ0v) is 32.3. The number of carbonyl (C=O) groups excluding carboxylic acids is 5. The van der Waals surface area contributed by atoms with E-state index in [9.17, 15) is 24.0 Å². The number of esters is 2. The van der Waals surface area contributed by atoms with Gasteiger partial charge in [-0.15, -0.1) is 0 Å². The number of benzene rings is 2. The first-order valence-corrected chi connectivity index (χ1v) is 18.9. The summed E-state index contributed by atoms with van der Waals surface area (Å²) in [6.45, 7) is 7.75. The minimum absolute atomic E-state index is 0.0190. The summed E-state index contributed by atoms with van der Waals surface area (Å²) in [5.41, 5.74) is 1.40. The average molecular weight is 772 g/mol. The number of nitrogens with zero attached hydrogens (tertiary/aromatic N) is 1. The Morgan fingerprint density at radius 2 is 1.59 bits per heavy atom. The Bertz CT molecular complexity index is 1620. The van der Waals surface area contributed by atoms with Gasteiger partial charge in [0, 0.05) is 24.7 Å². The minimum atomic E-state index is -1.93. The molecule has 0 bridgehead atoms. The summed E-state index contributed by atoms with van der Waals surface area (Å²) in [7, 11) is -1.93. The fourth-order valence-corrected chi connectivity index (χ4v) is 6.46. The molecule has 2 aromatic carbocycles. The highest BCUT2D eigenvalue weighted by molar-refractivity contribution is 7.56. The minimum Gasteiger partial charge on any atom is -0.494 e. The molecule has 0 saturated heterocycles. The average Bonchev–Trinajstić information content (AvgIpc) is 3.66. The highest BCUT2D eigenvalue weighted by Gasteiger charge is 2.32. The van der Waals surface area contributed by atoms with Gasteiger partial charge < -0.3 is 29.3 Å². The van der Waals surface area contributed by atoms with Gasteiger partial charge in [0.05, 0.1) is 25.2 Å². The third-order valence-corrected chi connectivity index (χ3v) is 9.26. The van der Waals surface area contributed by atoms with Crippen LogP contribution in [-0.2, 0) is 49.1 Å². The summed E-state index contributed by atoms with van der Waals surface area (Å²) in [4.78, 5) is 67.3. The fourth-order valence-electron chi connectivity index (χ4n) is 5.31. The Morgan fingerprint density at radius 1 is 0.889 bits per heavy atom. The van der Waals surface area contributed by atoms with Crippen molar-refractivity contribution >= 4 is 43.8 Å². The smallest absolute Gasteiger partial charge is 0.304 e. The topological polar surface area (TPSA) is 181 Å². The molecule has 2 atom stereocenters. The van der Waals surface area contributed by atoms with Gasteiger partial charge in [-0.2, -0.15) is 0 Å². The van der Waals surface area contributed by atoms with E-state index in [1.54, 1.807) is 24.3 Å². The Hall–Kier alpha value is -4.82. The number of ether oxygens (including phenoxy) is 3. The van der Waals surface area contributed by atoms with Crippen molar-refractivity contribution in [2.75, 3.05) is 26.9 Å². The van der Waals surface area contributed by atoms with Crippen LogP contribution in [0.5, 0.6) is 5.75 Å². The summed E-state index contributed by atoms with van der Waals surface area (Å²) in [5.74, 6) is -1.86. The van der Waals surface area contributed by atoms with Gasteiger partial charge in [0.1, 0.15) is 18.1 Å². The molecule has 3 rings (SSSR count). The molecule has 294 valence electrons. The first kappa shape index (κ1) is 43.6. The molecule has 0 fully saturated rings. The second kappa shape index (κ2) is 23.8. The quantitative estimate of drug-likeness (QED) is 0.0267. The molecule has 2 N–H and O–H groups in total. The number of hydrogen-bond donors (Lipinski definition) is 2. The number of carbonyl (C=O) groups is 5. The molecule has 1 heterocycles. The molecule has 1 aromatic heterocycles. The number of hydroxylamine groups is 2. The molecule has 0 saturated carbocycles. The van der Waals surface area contributed by atoms with E-state index in [0.717, 1.165) is 24.8 Å². The van der Waals surface area contributed by atoms with Crippen LogP contribution in [-0.4, -0.2) is 68.1 Å². The van der Waals surface area contributed by atoms with Gasteiger partial charge >= 0.3 is 11.9 Å². The molecule has 0 radical (unpaired) electrons. The largest absolute Gasteiger partial charge is 0.494 e. The number of rotatable bonds is 25. The zero-order chi connectivity index (χ0) is 39.3. The van der Waals surface area contributed by atoms with Crippen LogP contribution in [0.25, 0.3) is 11.3 Å². The maximum Gasteiger partial charge on any atom is 0.304 e. The summed E-state index contributed by atoms with van der Waals surface area (Å²) in [6, 6.07) is 17.1. The normalized spacial score (nSPS) is 12.0. The van der Waals surface area contributed by atoms with Crippen LogP contribution in [0, 0.1) is 5.92 Å². The molecule has 0 aliphatic heterocycles. The number of furan rings is 1. The second-order valence-electron chi connectivity index (χ2n) is 11.9. The SMILES string of the molecule is CCCCCC(C(=O)NCNC(=O)c1ccc(-c2cc(OCC)cc(P(OCOC(C)=O)OCOC(C)=O)c2)o1)C(CC)N(C=O)OCc1ccccc1. The van der Waals surface area contributed by atoms with E-state index in [1.807, 2.05) is 44.2 Å². The summed E-state index contributed by atoms with van der Waals surface area (Å²) in [5, 5.41) is 7.16. The number of nitrogens with one attached hydrogen (secondary N) is 2. The molecule has 0 spiro atoms. The molecule has 0 aliphatic rings. The van der Waals surface area contributed by atoms with Gasteiger partial charge in [-0.05, 0) is 55.7 Å².